The summed E-state index contributed by atoms with van der Waals surface area (Å²) in [5, 5.41) is 0. The van der Waals surface area contributed by atoms with Crippen LogP contribution in [-0.4, -0.2) is 5.78 Å². The van der Waals surface area contributed by atoms with Gasteiger partial charge in [0.05, 0.1) is 6.26 Å². The van der Waals surface area contributed by atoms with E-state index in [-0.39, 0.29) is 5.78 Å². The van der Waals surface area contributed by atoms with Crippen molar-refractivity contribution in [2.45, 2.75) is 13.3 Å². The zero-order valence-corrected chi connectivity index (χ0v) is 7.41. The lowest BCUT2D eigenvalue weighted by molar-refractivity contribution is -0.113. The van der Waals surface area contributed by atoms with Crippen molar-refractivity contribution in [2.75, 3.05) is 0 Å². The Morgan fingerprint density at radius 2 is 2.15 bits per heavy atom. The van der Waals surface area contributed by atoms with Crippen LogP contribution in [0.3, 0.4) is 0 Å². The quantitative estimate of drug-likeness (QED) is 0.651. The third kappa shape index (κ3) is 1.47. The molecule has 1 heterocycles. The first kappa shape index (κ1) is 8.05. The summed E-state index contributed by atoms with van der Waals surface area (Å²) < 4.78 is 5.31. The van der Waals surface area contributed by atoms with Gasteiger partial charge in [-0.05, 0) is 18.6 Å². The Balaban J connectivity index is 2.33. The molecule has 2 nitrogen and oxygen atoms in total. The number of hydrogen-bond donors (Lipinski definition) is 0. The van der Waals surface area contributed by atoms with E-state index >= 15 is 0 Å². The maximum absolute atomic E-state index is 11.1. The Morgan fingerprint density at radius 3 is 2.92 bits per heavy atom. The maximum atomic E-state index is 11.1. The van der Waals surface area contributed by atoms with Crippen molar-refractivity contribution >= 4 is 5.78 Å². The van der Waals surface area contributed by atoms with Crippen LogP contribution in [0.15, 0.2) is 36.1 Å². The molecule has 1 aromatic rings. The van der Waals surface area contributed by atoms with Crippen LogP contribution in [0.1, 0.15) is 12.5 Å². The fourth-order valence-electron chi connectivity index (χ4n) is 1.35. The highest BCUT2D eigenvalue weighted by atomic mass is 16.5. The molecule has 0 amide bonds. The molecule has 2 rings (SSSR count). The van der Waals surface area contributed by atoms with Crippen LogP contribution in [0.4, 0.5) is 0 Å². The second kappa shape index (κ2) is 3.05. The van der Waals surface area contributed by atoms with Crippen LogP contribution in [0, 0.1) is 0 Å². The van der Waals surface area contributed by atoms with E-state index in [1.165, 1.54) is 0 Å². The molecule has 0 aliphatic carbocycles. The molecule has 0 unspecified atom stereocenters. The summed E-state index contributed by atoms with van der Waals surface area (Å²) in [7, 11) is 0. The lowest BCUT2D eigenvalue weighted by Crippen LogP contribution is -2.08. The normalized spacial score (nSPS) is 14.1. The SMILES string of the molecule is CC(=O)C1=COc2ccccc2C1. The summed E-state index contributed by atoms with van der Waals surface area (Å²) in [6.45, 7) is 1.56. The molecular formula is C11H10O2. The predicted molar refractivity (Wildman–Crippen MR) is 49.5 cm³/mol. The van der Waals surface area contributed by atoms with E-state index in [2.05, 4.69) is 0 Å². The summed E-state index contributed by atoms with van der Waals surface area (Å²) in [6.07, 6.45) is 2.23. The molecule has 1 aliphatic rings. The molecular weight excluding hydrogens is 164 g/mol. The van der Waals surface area contributed by atoms with E-state index in [4.69, 9.17) is 4.74 Å². The minimum atomic E-state index is 0.0782. The molecule has 13 heavy (non-hydrogen) atoms. The number of rotatable bonds is 1. The zero-order chi connectivity index (χ0) is 9.26. The zero-order valence-electron chi connectivity index (χ0n) is 7.41. The number of allylic oxidation sites excluding steroid dienone is 1. The number of carbonyl (C=O) groups excluding carboxylic acids is 1. The van der Waals surface area contributed by atoms with E-state index in [1.54, 1.807) is 13.2 Å². The van der Waals surface area contributed by atoms with Crippen LogP contribution in [-0.2, 0) is 11.2 Å². The second-order valence-electron chi connectivity index (χ2n) is 3.10. The number of para-hydroxylation sites is 1. The fraction of sp³-hybridized carbons (Fsp3) is 0.182. The molecule has 0 spiro atoms. The Labute approximate surface area is 76.8 Å². The Bertz CT molecular complexity index is 377. The van der Waals surface area contributed by atoms with Gasteiger partial charge in [-0.3, -0.25) is 4.79 Å². The lowest BCUT2D eigenvalue weighted by Gasteiger charge is -2.14. The van der Waals surface area contributed by atoms with E-state index in [1.807, 2.05) is 24.3 Å². The van der Waals surface area contributed by atoms with E-state index in [0.717, 1.165) is 16.9 Å². The van der Waals surface area contributed by atoms with Gasteiger partial charge in [0.15, 0.2) is 5.78 Å². The van der Waals surface area contributed by atoms with E-state index < -0.39 is 0 Å². The number of hydrogen-bond acceptors (Lipinski definition) is 2. The third-order valence-electron chi connectivity index (χ3n) is 2.13. The number of carbonyl (C=O) groups is 1. The van der Waals surface area contributed by atoms with Gasteiger partial charge < -0.3 is 4.74 Å². The maximum Gasteiger partial charge on any atom is 0.159 e. The van der Waals surface area contributed by atoms with Crippen LogP contribution in [0.2, 0.25) is 0 Å². The van der Waals surface area contributed by atoms with Gasteiger partial charge in [-0.2, -0.15) is 0 Å². The molecule has 0 atom stereocenters. The van der Waals surface area contributed by atoms with Crippen molar-refractivity contribution in [3.05, 3.63) is 41.7 Å². The van der Waals surface area contributed by atoms with Crippen molar-refractivity contribution < 1.29 is 9.53 Å². The van der Waals surface area contributed by atoms with Crippen LogP contribution in [0.5, 0.6) is 5.75 Å². The lowest BCUT2D eigenvalue weighted by atomic mass is 10.0. The van der Waals surface area contributed by atoms with E-state index in [9.17, 15) is 4.79 Å². The first-order valence-electron chi connectivity index (χ1n) is 4.22. The van der Waals surface area contributed by atoms with Gasteiger partial charge in [-0.1, -0.05) is 18.2 Å². The Kier molecular flexibility index (Phi) is 1.89. The summed E-state index contributed by atoms with van der Waals surface area (Å²) >= 11 is 0. The van der Waals surface area contributed by atoms with Crippen molar-refractivity contribution in [3.63, 3.8) is 0 Å². The van der Waals surface area contributed by atoms with Gasteiger partial charge in [0.2, 0.25) is 0 Å². The first-order valence-corrected chi connectivity index (χ1v) is 4.22. The number of Topliss-reactive ketones (excluding diaryl/α,β-unsaturated/α-hetero) is 1. The molecule has 0 aromatic heterocycles. The Morgan fingerprint density at radius 1 is 1.38 bits per heavy atom. The molecule has 1 aliphatic heterocycles. The fourth-order valence-corrected chi connectivity index (χ4v) is 1.35. The minimum Gasteiger partial charge on any atom is -0.464 e. The first-order chi connectivity index (χ1) is 6.27. The molecule has 66 valence electrons. The average Bonchev–Trinajstić information content (AvgIpc) is 2.17. The van der Waals surface area contributed by atoms with Gasteiger partial charge >= 0.3 is 0 Å². The molecule has 0 saturated heterocycles. The summed E-state index contributed by atoms with van der Waals surface area (Å²) in [5.74, 6) is 0.932. The van der Waals surface area contributed by atoms with Crippen molar-refractivity contribution in [1.82, 2.24) is 0 Å². The predicted octanol–water partition coefficient (Wildman–Crippen LogP) is 2.09. The highest BCUT2D eigenvalue weighted by molar-refractivity contribution is 5.93. The Hall–Kier alpha value is -1.57. The topological polar surface area (TPSA) is 26.3 Å². The third-order valence-corrected chi connectivity index (χ3v) is 2.13. The van der Waals surface area contributed by atoms with Gasteiger partial charge in [0, 0.05) is 12.0 Å². The van der Waals surface area contributed by atoms with Gasteiger partial charge in [-0.15, -0.1) is 0 Å². The standard InChI is InChI=1S/C11H10O2/c1-8(12)10-6-9-4-2-3-5-11(9)13-7-10/h2-5,7H,6H2,1H3. The molecule has 1 aromatic carbocycles. The summed E-state index contributed by atoms with van der Waals surface area (Å²) in [6, 6.07) is 7.75. The van der Waals surface area contributed by atoms with Crippen LogP contribution < -0.4 is 4.74 Å². The molecule has 2 heteroatoms. The van der Waals surface area contributed by atoms with Crippen molar-refractivity contribution in [2.24, 2.45) is 0 Å². The highest BCUT2D eigenvalue weighted by Gasteiger charge is 2.14. The number of fused-ring (bicyclic) bond motifs is 1. The second-order valence-corrected chi connectivity index (χ2v) is 3.10. The largest absolute Gasteiger partial charge is 0.464 e. The van der Waals surface area contributed by atoms with Crippen LogP contribution in [0.25, 0.3) is 0 Å². The number of ketones is 1. The van der Waals surface area contributed by atoms with Gasteiger partial charge in [-0.25, -0.2) is 0 Å². The molecule has 0 saturated carbocycles. The van der Waals surface area contributed by atoms with Crippen molar-refractivity contribution in [3.8, 4) is 5.75 Å². The summed E-state index contributed by atoms with van der Waals surface area (Å²) in [4.78, 5) is 11.1. The molecule has 0 bridgehead atoms. The average molecular weight is 174 g/mol. The number of ether oxygens (including phenoxy) is 1. The van der Waals surface area contributed by atoms with Gasteiger partial charge in [0.25, 0.3) is 0 Å². The molecule has 0 radical (unpaired) electrons. The molecule has 0 N–H and O–H groups in total. The molecule has 0 fully saturated rings. The van der Waals surface area contributed by atoms with Crippen LogP contribution >= 0.6 is 0 Å². The monoisotopic (exact) mass is 174 g/mol. The number of benzene rings is 1. The minimum absolute atomic E-state index is 0.0782. The smallest absolute Gasteiger partial charge is 0.159 e. The van der Waals surface area contributed by atoms with Gasteiger partial charge in [0.1, 0.15) is 5.75 Å². The van der Waals surface area contributed by atoms with E-state index in [0.29, 0.717) is 6.42 Å². The van der Waals surface area contributed by atoms with Crippen molar-refractivity contribution in [1.29, 1.82) is 0 Å². The summed E-state index contributed by atoms with van der Waals surface area (Å²) in [5.41, 5.74) is 1.81. The highest BCUT2D eigenvalue weighted by Crippen LogP contribution is 2.25.